The Balaban J connectivity index is 0.00000162. The monoisotopic (exact) mass is 287 g/mol. The molecule has 0 aliphatic carbocycles. The van der Waals surface area contributed by atoms with Crippen LogP contribution < -0.4 is 5.32 Å². The number of halogens is 1. The maximum Gasteiger partial charge on any atom is 0.291 e. The van der Waals surface area contributed by atoms with Crippen LogP contribution in [0.3, 0.4) is 0 Å². The Kier molecular flexibility index (Phi) is 5.33. The van der Waals surface area contributed by atoms with E-state index in [0.717, 1.165) is 5.56 Å². The summed E-state index contributed by atoms with van der Waals surface area (Å²) in [6, 6.07) is 1.81. The van der Waals surface area contributed by atoms with Gasteiger partial charge in [0.2, 0.25) is 0 Å². The lowest BCUT2D eigenvalue weighted by Crippen LogP contribution is -2.16. The molecule has 0 spiro atoms. The van der Waals surface area contributed by atoms with E-state index in [4.69, 9.17) is 4.42 Å². The van der Waals surface area contributed by atoms with Crippen molar-refractivity contribution in [2.75, 3.05) is 19.4 Å². The van der Waals surface area contributed by atoms with E-state index in [1.165, 1.54) is 17.8 Å². The quantitative estimate of drug-likeness (QED) is 0.938. The Morgan fingerprint density at radius 2 is 2.33 bits per heavy atom. The molecule has 1 N–H and O–H groups in total. The standard InChI is InChI=1S/C11H13N3O2S.ClH/c1-14(2)6-8-3-4-16-10(8)11(15)13-9-5-12-17-7-9;/h3-5,7H,6H2,1-2H3,(H,13,15);1H. The predicted molar refractivity (Wildman–Crippen MR) is 73.4 cm³/mol. The molecule has 7 heteroatoms. The molecule has 0 saturated carbocycles. The summed E-state index contributed by atoms with van der Waals surface area (Å²) in [5.41, 5.74) is 1.56. The highest BCUT2D eigenvalue weighted by atomic mass is 35.5. The van der Waals surface area contributed by atoms with Gasteiger partial charge in [0.1, 0.15) is 0 Å². The first kappa shape index (κ1) is 14.7. The van der Waals surface area contributed by atoms with E-state index in [2.05, 4.69) is 9.69 Å². The largest absolute Gasteiger partial charge is 0.459 e. The van der Waals surface area contributed by atoms with Gasteiger partial charge < -0.3 is 14.6 Å². The molecule has 0 aliphatic heterocycles. The topological polar surface area (TPSA) is 58.4 Å². The second-order valence-corrected chi connectivity index (χ2v) is 4.54. The minimum Gasteiger partial charge on any atom is -0.459 e. The maximum atomic E-state index is 11.9. The normalized spacial score (nSPS) is 10.2. The van der Waals surface area contributed by atoms with E-state index in [1.54, 1.807) is 17.6 Å². The Morgan fingerprint density at radius 3 is 2.94 bits per heavy atom. The fraction of sp³-hybridized carbons (Fsp3) is 0.273. The third-order valence-corrected chi connectivity index (χ3v) is 2.72. The van der Waals surface area contributed by atoms with Gasteiger partial charge in [0.25, 0.3) is 5.91 Å². The van der Waals surface area contributed by atoms with Gasteiger partial charge in [0.05, 0.1) is 18.1 Å². The summed E-state index contributed by atoms with van der Waals surface area (Å²) in [5, 5.41) is 4.50. The van der Waals surface area contributed by atoms with Crippen molar-refractivity contribution < 1.29 is 9.21 Å². The van der Waals surface area contributed by atoms with Gasteiger partial charge in [-0.2, -0.15) is 4.37 Å². The van der Waals surface area contributed by atoms with Crippen LogP contribution in [0.4, 0.5) is 5.69 Å². The molecule has 0 fully saturated rings. The molecule has 2 aromatic heterocycles. The molecular weight excluding hydrogens is 274 g/mol. The first-order chi connectivity index (χ1) is 8.16. The van der Waals surface area contributed by atoms with Gasteiger partial charge >= 0.3 is 0 Å². The molecule has 2 aromatic rings. The number of carbonyl (C=O) groups excluding carboxylic acids is 1. The van der Waals surface area contributed by atoms with Crippen LogP contribution in [0.5, 0.6) is 0 Å². The van der Waals surface area contributed by atoms with Gasteiger partial charge in [0, 0.05) is 17.5 Å². The van der Waals surface area contributed by atoms with Gasteiger partial charge in [0.15, 0.2) is 5.76 Å². The number of aromatic nitrogens is 1. The highest BCUT2D eigenvalue weighted by molar-refractivity contribution is 7.04. The van der Waals surface area contributed by atoms with Crippen molar-refractivity contribution in [2.24, 2.45) is 0 Å². The summed E-state index contributed by atoms with van der Waals surface area (Å²) in [7, 11) is 3.88. The summed E-state index contributed by atoms with van der Waals surface area (Å²) < 4.78 is 9.14. The number of anilines is 1. The fourth-order valence-corrected chi connectivity index (χ4v) is 1.92. The molecule has 18 heavy (non-hydrogen) atoms. The molecule has 2 rings (SSSR count). The van der Waals surface area contributed by atoms with Gasteiger partial charge in [-0.1, -0.05) is 0 Å². The van der Waals surface area contributed by atoms with Gasteiger partial charge in [-0.05, 0) is 31.7 Å². The van der Waals surface area contributed by atoms with Crippen LogP contribution in [0.2, 0.25) is 0 Å². The lowest BCUT2D eigenvalue weighted by molar-refractivity contribution is 0.0994. The van der Waals surface area contributed by atoms with E-state index in [0.29, 0.717) is 18.0 Å². The summed E-state index contributed by atoms with van der Waals surface area (Å²) >= 11 is 1.29. The molecule has 5 nitrogen and oxygen atoms in total. The summed E-state index contributed by atoms with van der Waals surface area (Å²) in [5.74, 6) is 0.108. The predicted octanol–water partition coefficient (Wildman–Crippen LogP) is 2.47. The first-order valence-electron chi connectivity index (χ1n) is 5.08. The zero-order valence-electron chi connectivity index (χ0n) is 10.0. The average molecular weight is 288 g/mol. The Labute approximate surface area is 115 Å². The Hall–Kier alpha value is -1.37. The fourth-order valence-electron chi connectivity index (χ4n) is 1.45. The molecule has 2 heterocycles. The number of hydrogen-bond acceptors (Lipinski definition) is 5. The molecule has 0 saturated heterocycles. The van der Waals surface area contributed by atoms with E-state index >= 15 is 0 Å². The molecule has 98 valence electrons. The molecule has 1 amide bonds. The van der Waals surface area contributed by atoms with Crippen molar-refractivity contribution in [3.63, 3.8) is 0 Å². The highest BCUT2D eigenvalue weighted by Crippen LogP contribution is 2.15. The zero-order chi connectivity index (χ0) is 12.3. The van der Waals surface area contributed by atoms with Crippen molar-refractivity contribution in [1.82, 2.24) is 9.27 Å². The molecule has 0 aliphatic rings. The molecular formula is C11H14ClN3O2S. The smallest absolute Gasteiger partial charge is 0.291 e. The van der Waals surface area contributed by atoms with Crippen molar-refractivity contribution in [2.45, 2.75) is 6.54 Å². The SMILES string of the molecule is CN(C)Cc1ccoc1C(=O)Nc1cnsc1.Cl. The molecule has 0 radical (unpaired) electrons. The Bertz CT molecular complexity index is 496. The van der Waals surface area contributed by atoms with E-state index in [1.807, 2.05) is 19.0 Å². The zero-order valence-corrected chi connectivity index (χ0v) is 11.7. The van der Waals surface area contributed by atoms with E-state index in [9.17, 15) is 4.79 Å². The summed E-state index contributed by atoms with van der Waals surface area (Å²) in [4.78, 5) is 13.9. The molecule has 0 aromatic carbocycles. The van der Waals surface area contributed by atoms with Crippen LogP contribution in [-0.4, -0.2) is 29.3 Å². The van der Waals surface area contributed by atoms with Crippen LogP contribution in [0.15, 0.2) is 28.3 Å². The number of hydrogen-bond donors (Lipinski definition) is 1. The summed E-state index contributed by atoms with van der Waals surface area (Å²) in [6.07, 6.45) is 3.14. The number of nitrogens with zero attached hydrogens (tertiary/aromatic N) is 2. The third kappa shape index (κ3) is 3.56. The van der Waals surface area contributed by atoms with Crippen LogP contribution >= 0.6 is 23.9 Å². The third-order valence-electron chi connectivity index (χ3n) is 2.13. The number of carbonyl (C=O) groups is 1. The second kappa shape index (κ2) is 6.53. The van der Waals surface area contributed by atoms with E-state index in [-0.39, 0.29) is 18.3 Å². The van der Waals surface area contributed by atoms with Gasteiger partial charge in [-0.25, -0.2) is 0 Å². The van der Waals surface area contributed by atoms with Gasteiger partial charge in [-0.3, -0.25) is 4.79 Å². The maximum absolute atomic E-state index is 11.9. The average Bonchev–Trinajstić information content (AvgIpc) is 2.87. The van der Waals surface area contributed by atoms with Crippen LogP contribution in [-0.2, 0) is 6.54 Å². The first-order valence-corrected chi connectivity index (χ1v) is 5.92. The van der Waals surface area contributed by atoms with Crippen molar-refractivity contribution >= 4 is 35.5 Å². The van der Waals surface area contributed by atoms with Crippen molar-refractivity contribution in [1.29, 1.82) is 0 Å². The molecule has 0 atom stereocenters. The minimum absolute atomic E-state index is 0. The van der Waals surface area contributed by atoms with E-state index < -0.39 is 0 Å². The minimum atomic E-state index is -0.243. The van der Waals surface area contributed by atoms with Crippen LogP contribution in [0, 0.1) is 0 Å². The number of nitrogens with one attached hydrogen (secondary N) is 1. The molecule has 0 bridgehead atoms. The Morgan fingerprint density at radius 1 is 1.56 bits per heavy atom. The van der Waals surface area contributed by atoms with Gasteiger partial charge in [-0.15, -0.1) is 12.4 Å². The number of amides is 1. The number of rotatable bonds is 4. The van der Waals surface area contributed by atoms with Crippen molar-refractivity contribution in [3.8, 4) is 0 Å². The lowest BCUT2D eigenvalue weighted by Gasteiger charge is -2.08. The van der Waals surface area contributed by atoms with Crippen molar-refractivity contribution in [3.05, 3.63) is 35.2 Å². The lowest BCUT2D eigenvalue weighted by atomic mass is 10.2. The highest BCUT2D eigenvalue weighted by Gasteiger charge is 2.16. The molecule has 0 unspecified atom stereocenters. The van der Waals surface area contributed by atoms with Crippen LogP contribution in [0.25, 0.3) is 0 Å². The second-order valence-electron chi connectivity index (χ2n) is 3.88. The number of furan rings is 1. The summed E-state index contributed by atoms with van der Waals surface area (Å²) in [6.45, 7) is 0.668. The van der Waals surface area contributed by atoms with Crippen LogP contribution in [0.1, 0.15) is 16.1 Å².